The SMILES string of the molecule is C=CC1CCN(CCC(=O)N2CCNCC2)CC1. The number of carbonyl (C=O) groups excluding carboxylic acids is 1. The van der Waals surface area contributed by atoms with Crippen LogP contribution in [0.25, 0.3) is 0 Å². The maximum Gasteiger partial charge on any atom is 0.223 e. The first kappa shape index (κ1) is 13.6. The highest BCUT2D eigenvalue weighted by atomic mass is 16.2. The Balaban J connectivity index is 1.65. The quantitative estimate of drug-likeness (QED) is 0.747. The topological polar surface area (TPSA) is 35.6 Å². The van der Waals surface area contributed by atoms with Gasteiger partial charge in [0.15, 0.2) is 0 Å². The lowest BCUT2D eigenvalue weighted by Gasteiger charge is -2.32. The molecule has 2 heterocycles. The summed E-state index contributed by atoms with van der Waals surface area (Å²) in [6, 6.07) is 0. The molecule has 18 heavy (non-hydrogen) atoms. The number of amides is 1. The molecule has 0 aromatic rings. The van der Waals surface area contributed by atoms with E-state index in [1.54, 1.807) is 0 Å². The molecule has 0 aromatic carbocycles. The van der Waals surface area contributed by atoms with Crippen LogP contribution in [0.3, 0.4) is 0 Å². The molecular formula is C14H25N3O. The van der Waals surface area contributed by atoms with E-state index in [1.165, 1.54) is 12.8 Å². The van der Waals surface area contributed by atoms with Crippen LogP contribution in [0, 0.1) is 5.92 Å². The Kier molecular flexibility index (Phi) is 5.20. The number of carbonyl (C=O) groups is 1. The minimum atomic E-state index is 0.322. The molecule has 2 rings (SSSR count). The average Bonchev–Trinajstić information content (AvgIpc) is 2.46. The molecule has 1 amide bonds. The van der Waals surface area contributed by atoms with Crippen LogP contribution in [-0.4, -0.2) is 61.5 Å². The second-order valence-electron chi connectivity index (χ2n) is 5.30. The number of hydrogen-bond donors (Lipinski definition) is 1. The lowest BCUT2D eigenvalue weighted by atomic mass is 9.97. The molecule has 0 atom stereocenters. The number of piperazine rings is 1. The van der Waals surface area contributed by atoms with E-state index in [1.807, 2.05) is 4.90 Å². The van der Waals surface area contributed by atoms with Crippen LogP contribution in [0.5, 0.6) is 0 Å². The van der Waals surface area contributed by atoms with Crippen molar-refractivity contribution in [1.29, 1.82) is 0 Å². The van der Waals surface area contributed by atoms with E-state index in [0.717, 1.165) is 45.8 Å². The molecule has 0 spiro atoms. The van der Waals surface area contributed by atoms with Gasteiger partial charge in [-0.3, -0.25) is 4.79 Å². The molecule has 2 fully saturated rings. The van der Waals surface area contributed by atoms with Gasteiger partial charge >= 0.3 is 0 Å². The number of likely N-dealkylation sites (tertiary alicyclic amines) is 1. The van der Waals surface area contributed by atoms with Gasteiger partial charge in [0.2, 0.25) is 5.91 Å². The van der Waals surface area contributed by atoms with E-state index < -0.39 is 0 Å². The molecular weight excluding hydrogens is 226 g/mol. The summed E-state index contributed by atoms with van der Waals surface area (Å²) >= 11 is 0. The molecule has 0 radical (unpaired) electrons. The maximum absolute atomic E-state index is 12.0. The zero-order chi connectivity index (χ0) is 12.8. The van der Waals surface area contributed by atoms with E-state index in [4.69, 9.17) is 0 Å². The molecule has 102 valence electrons. The fourth-order valence-corrected chi connectivity index (χ4v) is 2.74. The third kappa shape index (κ3) is 3.82. The zero-order valence-corrected chi connectivity index (χ0v) is 11.2. The van der Waals surface area contributed by atoms with Gasteiger partial charge in [-0.1, -0.05) is 6.08 Å². The summed E-state index contributed by atoms with van der Waals surface area (Å²) in [7, 11) is 0. The number of nitrogens with zero attached hydrogens (tertiary/aromatic N) is 2. The summed E-state index contributed by atoms with van der Waals surface area (Å²) in [6.07, 6.45) is 5.15. The van der Waals surface area contributed by atoms with Gasteiger partial charge in [0.05, 0.1) is 0 Å². The molecule has 0 bridgehead atoms. The van der Waals surface area contributed by atoms with Gasteiger partial charge < -0.3 is 15.1 Å². The predicted molar refractivity (Wildman–Crippen MR) is 73.4 cm³/mol. The van der Waals surface area contributed by atoms with E-state index >= 15 is 0 Å². The van der Waals surface area contributed by atoms with Crippen LogP contribution < -0.4 is 5.32 Å². The normalized spacial score (nSPS) is 23.0. The highest BCUT2D eigenvalue weighted by Gasteiger charge is 2.20. The monoisotopic (exact) mass is 251 g/mol. The summed E-state index contributed by atoms with van der Waals surface area (Å²) in [5.41, 5.74) is 0. The Morgan fingerprint density at radius 2 is 1.89 bits per heavy atom. The van der Waals surface area contributed by atoms with Crippen molar-refractivity contribution in [1.82, 2.24) is 15.1 Å². The predicted octanol–water partition coefficient (Wildman–Crippen LogP) is 0.706. The highest BCUT2D eigenvalue weighted by Crippen LogP contribution is 2.17. The third-order valence-electron chi connectivity index (χ3n) is 4.08. The molecule has 0 aliphatic carbocycles. The van der Waals surface area contributed by atoms with Gasteiger partial charge in [-0.25, -0.2) is 0 Å². The number of rotatable bonds is 4. The maximum atomic E-state index is 12.0. The van der Waals surface area contributed by atoms with Crippen LogP contribution in [0.1, 0.15) is 19.3 Å². The van der Waals surface area contributed by atoms with Gasteiger partial charge in [0.1, 0.15) is 0 Å². The first-order valence-electron chi connectivity index (χ1n) is 7.13. The van der Waals surface area contributed by atoms with Crippen LogP contribution in [0.15, 0.2) is 12.7 Å². The summed E-state index contributed by atoms with van der Waals surface area (Å²) in [6.45, 7) is 10.6. The second kappa shape index (κ2) is 6.90. The van der Waals surface area contributed by atoms with Crippen molar-refractivity contribution in [3.05, 3.63) is 12.7 Å². The van der Waals surface area contributed by atoms with E-state index in [9.17, 15) is 4.79 Å². The van der Waals surface area contributed by atoms with Crippen molar-refractivity contribution in [3.63, 3.8) is 0 Å². The Morgan fingerprint density at radius 3 is 2.50 bits per heavy atom. The van der Waals surface area contributed by atoms with E-state index in [-0.39, 0.29) is 0 Å². The molecule has 4 nitrogen and oxygen atoms in total. The number of piperidine rings is 1. The van der Waals surface area contributed by atoms with Crippen LogP contribution in [-0.2, 0) is 4.79 Å². The largest absolute Gasteiger partial charge is 0.340 e. The van der Waals surface area contributed by atoms with Crippen molar-refractivity contribution in [2.24, 2.45) is 5.92 Å². The summed E-state index contributed by atoms with van der Waals surface area (Å²) in [5, 5.41) is 3.27. The minimum absolute atomic E-state index is 0.322. The van der Waals surface area contributed by atoms with Crippen molar-refractivity contribution < 1.29 is 4.79 Å². The Morgan fingerprint density at radius 1 is 1.22 bits per heavy atom. The summed E-state index contributed by atoms with van der Waals surface area (Å²) in [5.74, 6) is 1.01. The smallest absolute Gasteiger partial charge is 0.223 e. The van der Waals surface area contributed by atoms with Gasteiger partial charge in [-0.2, -0.15) is 0 Å². The van der Waals surface area contributed by atoms with Gasteiger partial charge in [0.25, 0.3) is 0 Å². The Bertz CT molecular complexity index is 279. The van der Waals surface area contributed by atoms with Gasteiger partial charge in [-0.15, -0.1) is 6.58 Å². The molecule has 0 unspecified atom stereocenters. The Hall–Kier alpha value is -0.870. The van der Waals surface area contributed by atoms with Gasteiger partial charge in [0, 0.05) is 39.1 Å². The van der Waals surface area contributed by atoms with Crippen LogP contribution in [0.4, 0.5) is 0 Å². The van der Waals surface area contributed by atoms with Crippen LogP contribution in [0.2, 0.25) is 0 Å². The minimum Gasteiger partial charge on any atom is -0.340 e. The van der Waals surface area contributed by atoms with E-state index in [0.29, 0.717) is 18.2 Å². The Labute approximate surface area is 110 Å². The van der Waals surface area contributed by atoms with Crippen molar-refractivity contribution in [3.8, 4) is 0 Å². The summed E-state index contributed by atoms with van der Waals surface area (Å²) in [4.78, 5) is 16.4. The summed E-state index contributed by atoms with van der Waals surface area (Å²) < 4.78 is 0. The molecule has 0 aromatic heterocycles. The first-order chi connectivity index (χ1) is 8.79. The number of nitrogens with one attached hydrogen (secondary N) is 1. The number of hydrogen-bond acceptors (Lipinski definition) is 3. The highest BCUT2D eigenvalue weighted by molar-refractivity contribution is 5.76. The second-order valence-corrected chi connectivity index (χ2v) is 5.30. The molecule has 4 heteroatoms. The van der Waals surface area contributed by atoms with E-state index in [2.05, 4.69) is 22.9 Å². The standard InChI is InChI=1S/C14H25N3O/c1-2-13-3-8-16(9-4-13)10-5-14(18)17-11-6-15-7-12-17/h2,13,15H,1,3-12H2. The first-order valence-corrected chi connectivity index (χ1v) is 7.13. The fraction of sp³-hybridized carbons (Fsp3) is 0.786. The van der Waals surface area contributed by atoms with Crippen molar-refractivity contribution >= 4 is 5.91 Å². The van der Waals surface area contributed by atoms with Crippen LogP contribution >= 0.6 is 0 Å². The zero-order valence-electron chi connectivity index (χ0n) is 11.2. The third-order valence-corrected chi connectivity index (χ3v) is 4.08. The van der Waals surface area contributed by atoms with Gasteiger partial charge in [-0.05, 0) is 31.8 Å². The number of allylic oxidation sites excluding steroid dienone is 1. The molecule has 1 N–H and O–H groups in total. The lowest BCUT2D eigenvalue weighted by molar-refractivity contribution is -0.132. The fourth-order valence-electron chi connectivity index (χ4n) is 2.74. The molecule has 0 saturated carbocycles. The molecule has 2 saturated heterocycles. The lowest BCUT2D eigenvalue weighted by Crippen LogP contribution is -2.47. The molecule has 2 aliphatic heterocycles. The van der Waals surface area contributed by atoms with Crippen molar-refractivity contribution in [2.75, 3.05) is 45.8 Å². The average molecular weight is 251 g/mol. The molecule has 2 aliphatic rings. The van der Waals surface area contributed by atoms with Crippen molar-refractivity contribution in [2.45, 2.75) is 19.3 Å².